The molecule has 3 N–H and O–H groups in total. The maximum Gasteiger partial charge on any atom is 0.335 e. The first-order chi connectivity index (χ1) is 13.3. The summed E-state index contributed by atoms with van der Waals surface area (Å²) in [7, 11) is -3.73. The molecule has 1 aliphatic heterocycles. The Morgan fingerprint density at radius 2 is 1.89 bits per heavy atom. The number of aromatic amines is 2. The highest BCUT2D eigenvalue weighted by atomic mass is 32.2. The second-order valence-electron chi connectivity index (χ2n) is 6.92. The van der Waals surface area contributed by atoms with E-state index in [2.05, 4.69) is 9.97 Å². The van der Waals surface area contributed by atoms with Gasteiger partial charge in [-0.15, -0.1) is 0 Å². The molecule has 1 atom stereocenters. The average molecular weight is 401 g/mol. The van der Waals surface area contributed by atoms with Gasteiger partial charge in [-0.25, -0.2) is 18.0 Å². The Hall–Kier alpha value is -2.91. The summed E-state index contributed by atoms with van der Waals surface area (Å²) in [5.74, 6) is -1.07. The first kappa shape index (κ1) is 18.5. The van der Waals surface area contributed by atoms with Crippen LogP contribution >= 0.6 is 0 Å². The van der Waals surface area contributed by atoms with Crippen LogP contribution in [0.15, 0.2) is 52.2 Å². The van der Waals surface area contributed by atoms with Crippen LogP contribution in [0.5, 0.6) is 0 Å². The lowest BCUT2D eigenvalue weighted by Gasteiger charge is -2.32. The first-order valence-electron chi connectivity index (χ1n) is 8.90. The molecule has 1 aliphatic rings. The summed E-state index contributed by atoms with van der Waals surface area (Å²) >= 11 is 0. The van der Waals surface area contributed by atoms with Gasteiger partial charge in [-0.05, 0) is 54.7 Å². The third-order valence-corrected chi connectivity index (χ3v) is 6.98. The molecule has 0 saturated carbocycles. The summed E-state index contributed by atoms with van der Waals surface area (Å²) in [6.07, 6.45) is 1.48. The molecular formula is C19H19N3O5S. The zero-order valence-electron chi connectivity index (χ0n) is 14.9. The maximum atomic E-state index is 13.1. The van der Waals surface area contributed by atoms with E-state index in [4.69, 9.17) is 0 Å². The van der Waals surface area contributed by atoms with Crippen molar-refractivity contribution in [3.63, 3.8) is 0 Å². The number of piperidine rings is 1. The number of nitrogens with one attached hydrogen (secondary N) is 2. The molecule has 146 valence electrons. The quantitative estimate of drug-likeness (QED) is 0.618. The van der Waals surface area contributed by atoms with Crippen molar-refractivity contribution in [3.8, 4) is 0 Å². The van der Waals surface area contributed by atoms with Crippen LogP contribution in [0.25, 0.3) is 11.0 Å². The number of sulfonamides is 1. The van der Waals surface area contributed by atoms with Gasteiger partial charge in [0.2, 0.25) is 10.0 Å². The summed E-state index contributed by atoms with van der Waals surface area (Å²) < 4.78 is 27.7. The van der Waals surface area contributed by atoms with Crippen LogP contribution in [0.4, 0.5) is 0 Å². The second kappa shape index (κ2) is 6.92. The van der Waals surface area contributed by atoms with Crippen molar-refractivity contribution in [2.45, 2.75) is 23.7 Å². The van der Waals surface area contributed by atoms with Crippen molar-refractivity contribution in [1.29, 1.82) is 0 Å². The predicted molar refractivity (Wildman–Crippen MR) is 103 cm³/mol. The number of benzene rings is 2. The average Bonchev–Trinajstić information content (AvgIpc) is 3.07. The number of hydrogen-bond donors (Lipinski definition) is 3. The Morgan fingerprint density at radius 3 is 2.68 bits per heavy atom. The Bertz CT molecular complexity index is 1210. The standard InChI is InChI=1S/C19H19N3O5S/c23-18(24)13-4-1-3-12(9-13)14-5-2-8-22(11-14)28(26,27)15-6-7-16-17(10-15)21-19(25)20-16/h1,3-4,6-7,9-10,14H,2,5,8,11H2,(H,23,24)(H2,20,21,25)/t14-/m0/s1. The molecule has 3 aromatic rings. The monoisotopic (exact) mass is 401 g/mol. The van der Waals surface area contributed by atoms with Crippen LogP contribution in [-0.4, -0.2) is 46.9 Å². The van der Waals surface area contributed by atoms with Crippen molar-refractivity contribution in [2.75, 3.05) is 13.1 Å². The minimum atomic E-state index is -3.73. The van der Waals surface area contributed by atoms with Crippen LogP contribution in [0.2, 0.25) is 0 Å². The predicted octanol–water partition coefficient (Wildman–Crippen LogP) is 2.12. The van der Waals surface area contributed by atoms with Gasteiger partial charge in [0, 0.05) is 13.1 Å². The highest BCUT2D eigenvalue weighted by molar-refractivity contribution is 7.89. The third-order valence-electron chi connectivity index (χ3n) is 5.11. The van der Waals surface area contributed by atoms with Crippen molar-refractivity contribution < 1.29 is 18.3 Å². The first-order valence-corrected chi connectivity index (χ1v) is 10.3. The molecule has 4 rings (SSSR count). The van der Waals surface area contributed by atoms with Gasteiger partial charge in [-0.3, -0.25) is 0 Å². The zero-order chi connectivity index (χ0) is 19.9. The largest absolute Gasteiger partial charge is 0.478 e. The Labute approximate surface area is 160 Å². The highest BCUT2D eigenvalue weighted by Gasteiger charge is 2.31. The van der Waals surface area contributed by atoms with E-state index in [1.165, 1.54) is 22.5 Å². The van der Waals surface area contributed by atoms with Gasteiger partial charge in [0.25, 0.3) is 0 Å². The molecule has 1 fully saturated rings. The number of H-pyrrole nitrogens is 2. The topological polar surface area (TPSA) is 123 Å². The minimum absolute atomic E-state index is 0.0707. The molecule has 0 aliphatic carbocycles. The molecule has 2 aromatic carbocycles. The van der Waals surface area contributed by atoms with Crippen molar-refractivity contribution in [3.05, 3.63) is 64.1 Å². The highest BCUT2D eigenvalue weighted by Crippen LogP contribution is 2.31. The fourth-order valence-electron chi connectivity index (χ4n) is 3.68. The number of imidazole rings is 1. The molecule has 9 heteroatoms. The maximum absolute atomic E-state index is 13.1. The number of carboxylic acid groups (broad SMARTS) is 1. The molecule has 28 heavy (non-hydrogen) atoms. The van der Waals surface area contributed by atoms with E-state index in [0.717, 1.165) is 12.0 Å². The molecule has 2 heterocycles. The summed E-state index contributed by atoms with van der Waals surface area (Å²) in [5, 5.41) is 9.19. The molecule has 0 radical (unpaired) electrons. The van der Waals surface area contributed by atoms with Crippen molar-refractivity contribution in [2.24, 2.45) is 0 Å². The summed E-state index contributed by atoms with van der Waals surface area (Å²) in [4.78, 5) is 27.9. The van der Waals surface area contributed by atoms with Crippen molar-refractivity contribution >= 4 is 27.0 Å². The summed E-state index contributed by atoms with van der Waals surface area (Å²) in [5.41, 5.74) is 1.62. The van der Waals surface area contributed by atoms with Gasteiger partial charge in [0.15, 0.2) is 0 Å². The molecule has 0 bridgehead atoms. The zero-order valence-corrected chi connectivity index (χ0v) is 15.7. The van der Waals surface area contributed by atoms with E-state index in [9.17, 15) is 23.1 Å². The lowest BCUT2D eigenvalue weighted by Crippen LogP contribution is -2.39. The van der Waals surface area contributed by atoms with E-state index in [1.807, 2.05) is 6.07 Å². The van der Waals surface area contributed by atoms with E-state index in [0.29, 0.717) is 24.0 Å². The van der Waals surface area contributed by atoms with Gasteiger partial charge in [-0.1, -0.05) is 12.1 Å². The second-order valence-corrected chi connectivity index (χ2v) is 8.86. The van der Waals surface area contributed by atoms with E-state index < -0.39 is 16.0 Å². The van der Waals surface area contributed by atoms with Gasteiger partial charge in [-0.2, -0.15) is 4.31 Å². The number of carboxylic acids is 1. The SMILES string of the molecule is O=C(O)c1cccc([C@H]2CCCN(S(=O)(=O)c3ccc4[nH]c(=O)[nH]c4c3)C2)c1. The summed E-state index contributed by atoms with van der Waals surface area (Å²) in [6.45, 7) is 0.687. The number of aromatic carboxylic acids is 1. The van der Waals surface area contributed by atoms with Gasteiger partial charge in [0.1, 0.15) is 0 Å². The number of fused-ring (bicyclic) bond motifs is 1. The number of aromatic nitrogens is 2. The number of carbonyl (C=O) groups is 1. The number of nitrogens with zero attached hydrogens (tertiary/aromatic N) is 1. The number of hydrogen-bond acceptors (Lipinski definition) is 4. The van der Waals surface area contributed by atoms with Gasteiger partial charge in [0.05, 0.1) is 21.5 Å². The lowest BCUT2D eigenvalue weighted by atomic mass is 9.91. The fourth-order valence-corrected chi connectivity index (χ4v) is 5.23. The molecular weight excluding hydrogens is 382 g/mol. The Morgan fingerprint density at radius 1 is 1.11 bits per heavy atom. The summed E-state index contributed by atoms with van der Waals surface area (Å²) in [6, 6.07) is 11.2. The molecule has 0 unspecified atom stereocenters. The normalized spacial score (nSPS) is 18.4. The smallest absolute Gasteiger partial charge is 0.335 e. The molecule has 1 saturated heterocycles. The molecule has 1 aromatic heterocycles. The van der Waals surface area contributed by atoms with E-state index >= 15 is 0 Å². The van der Waals surface area contributed by atoms with Crippen molar-refractivity contribution in [1.82, 2.24) is 14.3 Å². The Kier molecular flexibility index (Phi) is 4.56. The Balaban J connectivity index is 1.63. The minimum Gasteiger partial charge on any atom is -0.478 e. The fraction of sp³-hybridized carbons (Fsp3) is 0.263. The van der Waals surface area contributed by atoms with E-state index in [-0.39, 0.29) is 28.6 Å². The van der Waals surface area contributed by atoms with Crippen LogP contribution in [0.1, 0.15) is 34.7 Å². The van der Waals surface area contributed by atoms with Crippen LogP contribution in [-0.2, 0) is 10.0 Å². The van der Waals surface area contributed by atoms with Crippen LogP contribution in [0, 0.1) is 0 Å². The van der Waals surface area contributed by atoms with Gasteiger partial charge >= 0.3 is 11.7 Å². The lowest BCUT2D eigenvalue weighted by molar-refractivity contribution is 0.0696. The van der Waals surface area contributed by atoms with Crippen LogP contribution in [0.3, 0.4) is 0 Å². The van der Waals surface area contributed by atoms with E-state index in [1.54, 1.807) is 18.2 Å². The molecule has 0 spiro atoms. The molecule has 0 amide bonds. The third kappa shape index (κ3) is 3.34. The van der Waals surface area contributed by atoms with Crippen LogP contribution < -0.4 is 5.69 Å². The number of rotatable bonds is 4. The molecule has 8 nitrogen and oxygen atoms in total. The van der Waals surface area contributed by atoms with Gasteiger partial charge < -0.3 is 15.1 Å².